The molecule has 1 aromatic heterocycles. The molecular weight excluding hydrogens is 242 g/mol. The van der Waals surface area contributed by atoms with Gasteiger partial charge in [-0.2, -0.15) is 4.98 Å². The third-order valence-corrected chi connectivity index (χ3v) is 3.91. The number of aromatic nitrogens is 2. The number of hydrogen-bond acceptors (Lipinski definition) is 5. The van der Waals surface area contributed by atoms with Crippen molar-refractivity contribution in [1.29, 1.82) is 0 Å². The molecule has 1 aromatic rings. The molecular formula is C14H25N3O2. The standard InChI is InChI=1S/C14H25N3O2/c1-14(2,7-8-15)6-3-12-16-13(17-19-12)11-4-9-18-10-5-11/h11H,3-10,15H2,1-2H3. The number of nitrogens with two attached hydrogens (primary N) is 1. The SMILES string of the molecule is CC(C)(CCN)CCc1nc(C2CCOCC2)no1. The smallest absolute Gasteiger partial charge is 0.226 e. The van der Waals surface area contributed by atoms with Crippen molar-refractivity contribution in [3.63, 3.8) is 0 Å². The molecule has 0 unspecified atom stereocenters. The lowest BCUT2D eigenvalue weighted by molar-refractivity contribution is 0.0830. The van der Waals surface area contributed by atoms with Gasteiger partial charge in [0.15, 0.2) is 5.82 Å². The minimum absolute atomic E-state index is 0.238. The van der Waals surface area contributed by atoms with Crippen LogP contribution in [-0.2, 0) is 11.2 Å². The van der Waals surface area contributed by atoms with Crippen LogP contribution in [0, 0.1) is 5.41 Å². The number of rotatable bonds is 6. The van der Waals surface area contributed by atoms with Gasteiger partial charge in [0.1, 0.15) is 0 Å². The molecule has 1 fully saturated rings. The normalized spacial score (nSPS) is 17.8. The van der Waals surface area contributed by atoms with E-state index in [9.17, 15) is 0 Å². The molecule has 1 saturated heterocycles. The van der Waals surface area contributed by atoms with Crippen LogP contribution in [0.1, 0.15) is 57.2 Å². The van der Waals surface area contributed by atoms with E-state index < -0.39 is 0 Å². The Balaban J connectivity index is 1.86. The van der Waals surface area contributed by atoms with E-state index in [1.807, 2.05) is 0 Å². The second-order valence-electron chi connectivity index (χ2n) is 6.14. The number of ether oxygens (including phenoxy) is 1. The molecule has 2 N–H and O–H groups in total. The zero-order chi connectivity index (χ0) is 13.7. The van der Waals surface area contributed by atoms with E-state index in [4.69, 9.17) is 15.0 Å². The molecule has 5 nitrogen and oxygen atoms in total. The van der Waals surface area contributed by atoms with Gasteiger partial charge in [-0.25, -0.2) is 0 Å². The summed E-state index contributed by atoms with van der Waals surface area (Å²) in [5.41, 5.74) is 5.86. The van der Waals surface area contributed by atoms with Crippen LogP contribution in [0.3, 0.4) is 0 Å². The number of hydrogen-bond donors (Lipinski definition) is 1. The van der Waals surface area contributed by atoms with E-state index in [-0.39, 0.29) is 5.41 Å². The third-order valence-electron chi connectivity index (χ3n) is 3.91. The fourth-order valence-electron chi connectivity index (χ4n) is 2.45. The highest BCUT2D eigenvalue weighted by Gasteiger charge is 2.22. The maximum atomic E-state index is 5.62. The molecule has 0 atom stereocenters. The van der Waals surface area contributed by atoms with Crippen LogP contribution in [0.25, 0.3) is 0 Å². The van der Waals surface area contributed by atoms with E-state index in [0.29, 0.717) is 5.92 Å². The predicted molar refractivity (Wildman–Crippen MR) is 72.9 cm³/mol. The van der Waals surface area contributed by atoms with Gasteiger partial charge in [0.05, 0.1) is 0 Å². The first kappa shape index (κ1) is 14.5. The van der Waals surface area contributed by atoms with E-state index in [1.54, 1.807) is 0 Å². The Bertz CT molecular complexity index is 384. The van der Waals surface area contributed by atoms with Crippen molar-refractivity contribution in [3.05, 3.63) is 11.7 Å². The van der Waals surface area contributed by atoms with Crippen molar-refractivity contribution >= 4 is 0 Å². The van der Waals surface area contributed by atoms with Crippen LogP contribution in [0.4, 0.5) is 0 Å². The van der Waals surface area contributed by atoms with Gasteiger partial charge in [-0.1, -0.05) is 19.0 Å². The molecule has 1 aliphatic rings. The minimum atomic E-state index is 0.238. The summed E-state index contributed by atoms with van der Waals surface area (Å²) in [5.74, 6) is 2.02. The van der Waals surface area contributed by atoms with E-state index in [2.05, 4.69) is 24.0 Å². The van der Waals surface area contributed by atoms with Gasteiger partial charge in [-0.15, -0.1) is 0 Å². The maximum absolute atomic E-state index is 5.62. The molecule has 1 aliphatic heterocycles. The summed E-state index contributed by atoms with van der Waals surface area (Å²) < 4.78 is 10.7. The van der Waals surface area contributed by atoms with Crippen LogP contribution >= 0.6 is 0 Å². The van der Waals surface area contributed by atoms with Gasteiger partial charge in [0.25, 0.3) is 0 Å². The van der Waals surface area contributed by atoms with Crippen molar-refractivity contribution in [2.45, 2.75) is 51.9 Å². The summed E-state index contributed by atoms with van der Waals surface area (Å²) in [4.78, 5) is 4.53. The first-order valence-corrected chi connectivity index (χ1v) is 7.21. The van der Waals surface area contributed by atoms with Crippen LogP contribution in [-0.4, -0.2) is 29.9 Å². The Morgan fingerprint density at radius 1 is 1.26 bits per heavy atom. The van der Waals surface area contributed by atoms with Crippen molar-refractivity contribution in [2.75, 3.05) is 19.8 Å². The molecule has 0 radical (unpaired) electrons. The highest BCUT2D eigenvalue weighted by molar-refractivity contribution is 4.97. The lowest BCUT2D eigenvalue weighted by Crippen LogP contribution is -2.18. The quantitative estimate of drug-likeness (QED) is 0.855. The summed E-state index contributed by atoms with van der Waals surface area (Å²) in [6, 6.07) is 0. The minimum Gasteiger partial charge on any atom is -0.381 e. The first-order valence-electron chi connectivity index (χ1n) is 7.21. The second kappa shape index (κ2) is 6.48. The fraction of sp³-hybridized carbons (Fsp3) is 0.857. The first-order chi connectivity index (χ1) is 9.11. The van der Waals surface area contributed by atoms with Crippen LogP contribution in [0.5, 0.6) is 0 Å². The Morgan fingerprint density at radius 3 is 2.68 bits per heavy atom. The Kier molecular flexibility index (Phi) is 4.93. The average molecular weight is 267 g/mol. The van der Waals surface area contributed by atoms with Crippen molar-refractivity contribution in [1.82, 2.24) is 10.1 Å². The molecule has 108 valence electrons. The van der Waals surface area contributed by atoms with E-state index >= 15 is 0 Å². The molecule has 2 rings (SSSR count). The largest absolute Gasteiger partial charge is 0.381 e. The summed E-state index contributed by atoms with van der Waals surface area (Å²) in [7, 11) is 0. The average Bonchev–Trinajstić information content (AvgIpc) is 2.86. The number of nitrogens with zero attached hydrogens (tertiary/aromatic N) is 2. The summed E-state index contributed by atoms with van der Waals surface area (Å²) in [6.45, 7) is 6.80. The van der Waals surface area contributed by atoms with Crippen molar-refractivity contribution in [3.8, 4) is 0 Å². The summed E-state index contributed by atoms with van der Waals surface area (Å²) in [6.07, 6.45) is 4.88. The molecule has 0 bridgehead atoms. The maximum Gasteiger partial charge on any atom is 0.226 e. The Labute approximate surface area is 114 Å². The highest BCUT2D eigenvalue weighted by Crippen LogP contribution is 2.27. The van der Waals surface area contributed by atoms with Gasteiger partial charge >= 0.3 is 0 Å². The van der Waals surface area contributed by atoms with Crippen molar-refractivity contribution < 1.29 is 9.26 Å². The van der Waals surface area contributed by atoms with Gasteiger partial charge in [-0.05, 0) is 37.6 Å². The van der Waals surface area contributed by atoms with E-state index in [0.717, 1.165) is 63.6 Å². The lowest BCUT2D eigenvalue weighted by Gasteiger charge is -2.22. The van der Waals surface area contributed by atoms with E-state index in [1.165, 1.54) is 0 Å². The molecule has 0 amide bonds. The fourth-order valence-corrected chi connectivity index (χ4v) is 2.45. The molecule has 0 aliphatic carbocycles. The molecule has 2 heterocycles. The molecule has 0 saturated carbocycles. The Hall–Kier alpha value is -0.940. The number of aryl methyl sites for hydroxylation is 1. The van der Waals surface area contributed by atoms with Gasteiger partial charge in [-0.3, -0.25) is 0 Å². The second-order valence-corrected chi connectivity index (χ2v) is 6.14. The third kappa shape index (κ3) is 4.28. The molecule has 5 heteroatoms. The van der Waals surface area contributed by atoms with Crippen LogP contribution in [0.15, 0.2) is 4.52 Å². The van der Waals surface area contributed by atoms with Gasteiger partial charge in [0, 0.05) is 25.6 Å². The monoisotopic (exact) mass is 267 g/mol. The van der Waals surface area contributed by atoms with Gasteiger partial charge < -0.3 is 15.0 Å². The van der Waals surface area contributed by atoms with Crippen LogP contribution < -0.4 is 5.73 Å². The summed E-state index contributed by atoms with van der Waals surface area (Å²) in [5, 5.41) is 4.12. The van der Waals surface area contributed by atoms with Crippen molar-refractivity contribution in [2.24, 2.45) is 11.1 Å². The topological polar surface area (TPSA) is 74.2 Å². The molecule has 19 heavy (non-hydrogen) atoms. The highest BCUT2D eigenvalue weighted by atomic mass is 16.5. The molecule has 0 aromatic carbocycles. The zero-order valence-corrected chi connectivity index (χ0v) is 12.0. The van der Waals surface area contributed by atoms with Crippen LogP contribution in [0.2, 0.25) is 0 Å². The zero-order valence-electron chi connectivity index (χ0n) is 12.0. The molecule has 0 spiro atoms. The lowest BCUT2D eigenvalue weighted by atomic mass is 9.84. The van der Waals surface area contributed by atoms with Gasteiger partial charge in [0.2, 0.25) is 5.89 Å². The predicted octanol–water partition coefficient (Wildman–Crippen LogP) is 2.27. The summed E-state index contributed by atoms with van der Waals surface area (Å²) >= 11 is 0. The Morgan fingerprint density at radius 2 is 2.00 bits per heavy atom.